The Kier molecular flexibility index (Phi) is 7.32. The molecule has 0 aromatic carbocycles. The monoisotopic (exact) mass is 378 g/mol. The van der Waals surface area contributed by atoms with Crippen molar-refractivity contribution in [1.29, 1.82) is 0 Å². The maximum absolute atomic E-state index is 5.69. The van der Waals surface area contributed by atoms with Crippen molar-refractivity contribution >= 4 is 35.1 Å². The van der Waals surface area contributed by atoms with E-state index in [0.29, 0.717) is 11.6 Å². The molecule has 3 heterocycles. The Hall–Kier alpha value is -1.38. The van der Waals surface area contributed by atoms with E-state index in [9.17, 15) is 0 Å². The first-order valence-corrected chi connectivity index (χ1v) is 10.8. The molecule has 0 bridgehead atoms. The fourth-order valence-corrected chi connectivity index (χ4v) is 4.24. The highest BCUT2D eigenvalue weighted by Gasteiger charge is 2.10. The number of anilines is 2. The van der Waals surface area contributed by atoms with E-state index in [0.717, 1.165) is 42.7 Å². The summed E-state index contributed by atoms with van der Waals surface area (Å²) in [6.07, 6.45) is 7.03. The van der Waals surface area contributed by atoms with Crippen LogP contribution < -0.4 is 11.1 Å². The van der Waals surface area contributed by atoms with Crippen molar-refractivity contribution in [1.82, 2.24) is 18.6 Å². The molecule has 0 aliphatic carbocycles. The summed E-state index contributed by atoms with van der Waals surface area (Å²) in [4.78, 5) is 7.08. The van der Waals surface area contributed by atoms with Crippen LogP contribution in [0.5, 0.6) is 0 Å². The van der Waals surface area contributed by atoms with E-state index in [-0.39, 0.29) is 0 Å². The molecule has 1 fully saturated rings. The molecule has 3 N–H and O–H groups in total. The average Bonchev–Trinajstić information content (AvgIpc) is 3.04. The van der Waals surface area contributed by atoms with Crippen LogP contribution in [-0.4, -0.2) is 49.8 Å². The molecule has 1 aliphatic rings. The summed E-state index contributed by atoms with van der Waals surface area (Å²) < 4.78 is 8.06. The van der Waals surface area contributed by atoms with Crippen LogP contribution in [0.2, 0.25) is 0 Å². The van der Waals surface area contributed by atoms with E-state index < -0.39 is 0 Å². The molecule has 1 saturated heterocycles. The third-order valence-electron chi connectivity index (χ3n) is 4.29. The second-order valence-electron chi connectivity index (χ2n) is 6.28. The molecule has 2 aromatic rings. The number of pyridine rings is 1. The summed E-state index contributed by atoms with van der Waals surface area (Å²) in [6.45, 7) is 4.39. The van der Waals surface area contributed by atoms with Gasteiger partial charge in [0.25, 0.3) is 0 Å². The van der Waals surface area contributed by atoms with E-state index in [2.05, 4.69) is 36.1 Å². The lowest BCUT2D eigenvalue weighted by molar-refractivity contribution is 0.221. The van der Waals surface area contributed by atoms with Gasteiger partial charge in [0.2, 0.25) is 0 Å². The Morgan fingerprint density at radius 3 is 2.88 bits per heavy atom. The number of hydrogen-bond donors (Lipinski definition) is 2. The second kappa shape index (κ2) is 9.94. The minimum absolute atomic E-state index is 0.490. The Morgan fingerprint density at radius 2 is 2.08 bits per heavy atom. The van der Waals surface area contributed by atoms with Crippen LogP contribution in [-0.2, 0) is 13.0 Å². The molecular formula is C17H26N6S2. The number of nitrogens with zero attached hydrogens (tertiary/aromatic N) is 4. The molecular weight excluding hydrogens is 352 g/mol. The number of rotatable bonds is 9. The van der Waals surface area contributed by atoms with Gasteiger partial charge in [0.15, 0.2) is 11.6 Å². The van der Waals surface area contributed by atoms with Gasteiger partial charge in [-0.2, -0.15) is 20.5 Å². The number of thioether (sulfide) groups is 1. The molecule has 0 spiro atoms. The number of nitrogens with one attached hydrogen (secondary N) is 1. The van der Waals surface area contributed by atoms with Gasteiger partial charge in [-0.05, 0) is 55.8 Å². The van der Waals surface area contributed by atoms with E-state index in [4.69, 9.17) is 5.73 Å². The lowest BCUT2D eigenvalue weighted by atomic mass is 10.1. The van der Waals surface area contributed by atoms with Crippen molar-refractivity contribution in [3.05, 3.63) is 29.6 Å². The predicted octanol–water partition coefficient (Wildman–Crippen LogP) is 2.89. The van der Waals surface area contributed by atoms with Gasteiger partial charge in [0.05, 0.1) is 11.7 Å². The third-order valence-corrected chi connectivity index (χ3v) is 5.82. The lowest BCUT2D eigenvalue weighted by Gasteiger charge is -2.26. The Bertz CT molecular complexity index is 642. The lowest BCUT2D eigenvalue weighted by Crippen LogP contribution is -2.29. The van der Waals surface area contributed by atoms with Gasteiger partial charge in [-0.3, -0.25) is 9.88 Å². The normalized spacial score (nSPS) is 15.4. The summed E-state index contributed by atoms with van der Waals surface area (Å²) in [5.74, 6) is 3.29. The molecule has 0 radical (unpaired) electrons. The van der Waals surface area contributed by atoms with Crippen LogP contribution in [0, 0.1) is 0 Å². The molecule has 6 nitrogen and oxygen atoms in total. The zero-order valence-corrected chi connectivity index (χ0v) is 16.1. The predicted molar refractivity (Wildman–Crippen MR) is 107 cm³/mol. The van der Waals surface area contributed by atoms with E-state index in [1.165, 1.54) is 43.6 Å². The zero-order chi connectivity index (χ0) is 17.3. The molecule has 8 heteroatoms. The Morgan fingerprint density at radius 1 is 1.20 bits per heavy atom. The van der Waals surface area contributed by atoms with Crippen LogP contribution in [0.1, 0.15) is 30.5 Å². The van der Waals surface area contributed by atoms with Crippen molar-refractivity contribution in [2.24, 2.45) is 0 Å². The summed E-state index contributed by atoms with van der Waals surface area (Å²) in [7, 11) is 0. The summed E-state index contributed by atoms with van der Waals surface area (Å²) >= 11 is 3.06. The minimum atomic E-state index is 0.490. The molecule has 0 unspecified atom stereocenters. The smallest absolute Gasteiger partial charge is 0.184 e. The topological polar surface area (TPSA) is 80.0 Å². The molecule has 25 heavy (non-hydrogen) atoms. The molecule has 2 aromatic heterocycles. The first-order chi connectivity index (χ1) is 12.3. The van der Waals surface area contributed by atoms with Gasteiger partial charge in [-0.25, -0.2) is 0 Å². The second-order valence-corrected chi connectivity index (χ2v) is 8.03. The fourth-order valence-electron chi connectivity index (χ4n) is 2.98. The highest BCUT2D eigenvalue weighted by Crippen LogP contribution is 2.15. The van der Waals surface area contributed by atoms with E-state index >= 15 is 0 Å². The fraction of sp³-hybridized carbons (Fsp3) is 0.588. The van der Waals surface area contributed by atoms with E-state index in [1.54, 1.807) is 0 Å². The maximum Gasteiger partial charge on any atom is 0.184 e. The largest absolute Gasteiger partial charge is 0.380 e. The molecule has 3 rings (SSSR count). The van der Waals surface area contributed by atoms with Gasteiger partial charge >= 0.3 is 0 Å². The molecule has 0 saturated carbocycles. The molecule has 0 atom stereocenters. The van der Waals surface area contributed by atoms with Crippen LogP contribution in [0.3, 0.4) is 0 Å². The number of hydrogen-bond acceptors (Lipinski definition) is 8. The summed E-state index contributed by atoms with van der Waals surface area (Å²) in [6, 6.07) is 4.43. The summed E-state index contributed by atoms with van der Waals surface area (Å²) in [5, 5.41) is 3.22. The number of nitrogen functional groups attached to an aromatic ring is 1. The molecule has 136 valence electrons. The van der Waals surface area contributed by atoms with Gasteiger partial charge in [0.1, 0.15) is 0 Å². The van der Waals surface area contributed by atoms with Crippen molar-refractivity contribution in [3.63, 3.8) is 0 Å². The van der Waals surface area contributed by atoms with Crippen molar-refractivity contribution < 1.29 is 0 Å². The van der Waals surface area contributed by atoms with Crippen molar-refractivity contribution in [2.45, 2.75) is 32.2 Å². The van der Waals surface area contributed by atoms with Gasteiger partial charge in [0, 0.05) is 30.7 Å². The van der Waals surface area contributed by atoms with E-state index in [1.807, 2.05) is 18.0 Å². The quantitative estimate of drug-likeness (QED) is 0.649. The Labute approximate surface area is 157 Å². The first kappa shape index (κ1) is 18.4. The summed E-state index contributed by atoms with van der Waals surface area (Å²) in [5.41, 5.74) is 8.29. The standard InChI is InChI=1S/C17H26N6S2/c18-16-17(22-25-21-16)20-7-11-24-10-5-15-12-14(4-6-19-15)13-23-8-2-1-3-9-23/h4,6,12H,1-3,5,7-11,13H2,(H2,18,21)(H,20,22). The minimum Gasteiger partial charge on any atom is -0.380 e. The number of aryl methyl sites for hydroxylation is 1. The first-order valence-electron chi connectivity index (χ1n) is 8.87. The molecule has 1 aliphatic heterocycles. The van der Waals surface area contributed by atoms with Crippen LogP contribution in [0.15, 0.2) is 18.3 Å². The van der Waals surface area contributed by atoms with Gasteiger partial charge in [-0.15, -0.1) is 0 Å². The highest BCUT2D eigenvalue weighted by molar-refractivity contribution is 7.99. The average molecular weight is 379 g/mol. The number of likely N-dealkylation sites (tertiary alicyclic amines) is 1. The van der Waals surface area contributed by atoms with Crippen molar-refractivity contribution in [3.8, 4) is 0 Å². The maximum atomic E-state index is 5.69. The zero-order valence-electron chi connectivity index (χ0n) is 14.5. The van der Waals surface area contributed by atoms with Crippen LogP contribution in [0.4, 0.5) is 11.6 Å². The van der Waals surface area contributed by atoms with Crippen LogP contribution >= 0.6 is 23.5 Å². The van der Waals surface area contributed by atoms with Crippen molar-refractivity contribution in [2.75, 3.05) is 42.2 Å². The van der Waals surface area contributed by atoms with Crippen LogP contribution in [0.25, 0.3) is 0 Å². The number of piperidine rings is 1. The SMILES string of the molecule is Nc1nsnc1NCCSCCc1cc(CN2CCCCC2)ccn1. The highest BCUT2D eigenvalue weighted by atomic mass is 32.2. The van der Waals surface area contributed by atoms with Gasteiger partial charge in [-0.1, -0.05) is 6.42 Å². The van der Waals surface area contributed by atoms with Gasteiger partial charge < -0.3 is 11.1 Å². The number of aromatic nitrogens is 3. The Balaban J connectivity index is 1.34. The molecule has 0 amide bonds. The third kappa shape index (κ3) is 6.13. The number of nitrogens with two attached hydrogens (primary N) is 1.